The van der Waals surface area contributed by atoms with Gasteiger partial charge in [-0.25, -0.2) is 0 Å². The van der Waals surface area contributed by atoms with Crippen LogP contribution >= 0.6 is 0 Å². The fraction of sp³-hybridized carbons (Fsp3) is 0.588. The Kier molecular flexibility index (Phi) is 4.81. The van der Waals surface area contributed by atoms with Crippen molar-refractivity contribution < 1.29 is 4.79 Å². The maximum absolute atomic E-state index is 11.7. The molecule has 1 aromatic carbocycles. The predicted octanol–water partition coefficient (Wildman–Crippen LogP) is 2.48. The smallest absolute Gasteiger partial charge is 0.236 e. The highest BCUT2D eigenvalue weighted by Crippen LogP contribution is 2.40. The molecule has 1 saturated carbocycles. The lowest BCUT2D eigenvalue weighted by Gasteiger charge is -2.30. The molecule has 3 nitrogen and oxygen atoms in total. The lowest BCUT2D eigenvalue weighted by molar-refractivity contribution is -0.127. The van der Waals surface area contributed by atoms with E-state index in [-0.39, 0.29) is 11.3 Å². The minimum atomic E-state index is 0.141. The van der Waals surface area contributed by atoms with Gasteiger partial charge in [0.05, 0.1) is 6.54 Å². The van der Waals surface area contributed by atoms with E-state index in [4.69, 9.17) is 0 Å². The van der Waals surface area contributed by atoms with Gasteiger partial charge in [-0.3, -0.25) is 4.79 Å². The first-order valence-electron chi connectivity index (χ1n) is 7.51. The van der Waals surface area contributed by atoms with E-state index in [0.717, 1.165) is 6.54 Å². The minimum Gasteiger partial charge on any atom is -0.348 e. The Morgan fingerprint density at radius 2 is 1.80 bits per heavy atom. The zero-order valence-corrected chi connectivity index (χ0v) is 12.9. The van der Waals surface area contributed by atoms with Gasteiger partial charge in [0, 0.05) is 26.1 Å². The van der Waals surface area contributed by atoms with E-state index >= 15 is 0 Å². The van der Waals surface area contributed by atoms with Crippen LogP contribution in [0.1, 0.15) is 36.8 Å². The largest absolute Gasteiger partial charge is 0.348 e. The molecule has 0 aromatic heterocycles. The molecule has 0 unspecified atom stereocenters. The first kappa shape index (κ1) is 15.0. The third kappa shape index (κ3) is 3.40. The van der Waals surface area contributed by atoms with Crippen molar-refractivity contribution in [2.45, 2.75) is 38.0 Å². The Balaban J connectivity index is 2.03. The first-order valence-corrected chi connectivity index (χ1v) is 7.51. The summed E-state index contributed by atoms with van der Waals surface area (Å²) in [4.78, 5) is 13.3. The highest BCUT2D eigenvalue weighted by atomic mass is 16.2. The summed E-state index contributed by atoms with van der Waals surface area (Å²) in [6.07, 6.45) is 5.02. The van der Waals surface area contributed by atoms with Crippen molar-refractivity contribution >= 4 is 5.91 Å². The zero-order valence-electron chi connectivity index (χ0n) is 12.9. The quantitative estimate of drug-likeness (QED) is 0.894. The van der Waals surface area contributed by atoms with Crippen LogP contribution in [0, 0.1) is 6.92 Å². The van der Waals surface area contributed by atoms with E-state index in [1.54, 1.807) is 19.0 Å². The molecule has 3 heteroatoms. The number of nitrogens with zero attached hydrogens (tertiary/aromatic N) is 1. The van der Waals surface area contributed by atoms with Crippen molar-refractivity contribution in [2.75, 3.05) is 27.2 Å². The van der Waals surface area contributed by atoms with Gasteiger partial charge < -0.3 is 10.2 Å². The van der Waals surface area contributed by atoms with Crippen LogP contribution in [0.5, 0.6) is 0 Å². The van der Waals surface area contributed by atoms with Gasteiger partial charge in [-0.15, -0.1) is 0 Å². The number of benzene rings is 1. The van der Waals surface area contributed by atoms with Crippen molar-refractivity contribution in [3.05, 3.63) is 35.4 Å². The van der Waals surface area contributed by atoms with Gasteiger partial charge in [-0.2, -0.15) is 0 Å². The summed E-state index contributed by atoms with van der Waals surface area (Å²) in [5.41, 5.74) is 2.95. The van der Waals surface area contributed by atoms with Crippen LogP contribution in [0.4, 0.5) is 0 Å². The van der Waals surface area contributed by atoms with E-state index in [9.17, 15) is 4.79 Å². The number of nitrogens with one attached hydrogen (secondary N) is 1. The van der Waals surface area contributed by atoms with Crippen LogP contribution in [-0.2, 0) is 10.2 Å². The summed E-state index contributed by atoms with van der Waals surface area (Å²) in [6.45, 7) is 3.45. The molecule has 1 aliphatic rings. The van der Waals surface area contributed by atoms with Crippen molar-refractivity contribution in [2.24, 2.45) is 0 Å². The molecule has 1 N–H and O–H groups in total. The molecule has 1 amide bonds. The summed E-state index contributed by atoms with van der Waals surface area (Å²) in [6, 6.07) is 8.91. The van der Waals surface area contributed by atoms with Gasteiger partial charge in [-0.05, 0) is 25.3 Å². The first-order chi connectivity index (χ1) is 9.53. The highest BCUT2D eigenvalue weighted by Gasteiger charge is 2.35. The molecule has 1 aliphatic carbocycles. The van der Waals surface area contributed by atoms with E-state index in [1.807, 2.05) is 0 Å². The van der Waals surface area contributed by atoms with Gasteiger partial charge >= 0.3 is 0 Å². The fourth-order valence-corrected chi connectivity index (χ4v) is 3.09. The zero-order chi connectivity index (χ0) is 14.6. The summed E-state index contributed by atoms with van der Waals surface area (Å²) in [5, 5.41) is 3.37. The van der Waals surface area contributed by atoms with Crippen LogP contribution in [0.25, 0.3) is 0 Å². The summed E-state index contributed by atoms with van der Waals surface area (Å²) in [5.74, 6) is 0.141. The number of hydrogen-bond donors (Lipinski definition) is 1. The molecule has 110 valence electrons. The normalized spacial score (nSPS) is 17.1. The van der Waals surface area contributed by atoms with Crippen molar-refractivity contribution in [1.82, 2.24) is 10.2 Å². The van der Waals surface area contributed by atoms with Crippen molar-refractivity contribution in [1.29, 1.82) is 0 Å². The van der Waals surface area contributed by atoms with E-state index < -0.39 is 0 Å². The lowest BCUT2D eigenvalue weighted by atomic mass is 9.78. The molecular formula is C17H26N2O. The number of amides is 1. The maximum Gasteiger partial charge on any atom is 0.236 e. The van der Waals surface area contributed by atoms with Crippen LogP contribution in [0.2, 0.25) is 0 Å². The Bertz CT molecular complexity index is 445. The van der Waals surface area contributed by atoms with Crippen LogP contribution < -0.4 is 5.32 Å². The van der Waals surface area contributed by atoms with Crippen molar-refractivity contribution in [3.63, 3.8) is 0 Å². The third-order valence-corrected chi connectivity index (χ3v) is 4.46. The second-order valence-corrected chi connectivity index (χ2v) is 6.25. The average molecular weight is 274 g/mol. The fourth-order valence-electron chi connectivity index (χ4n) is 3.09. The molecule has 0 radical (unpaired) electrons. The second-order valence-electron chi connectivity index (χ2n) is 6.25. The van der Waals surface area contributed by atoms with Crippen LogP contribution in [0.15, 0.2) is 24.3 Å². The van der Waals surface area contributed by atoms with Gasteiger partial charge in [0.2, 0.25) is 5.91 Å². The summed E-state index contributed by atoms with van der Waals surface area (Å²) < 4.78 is 0. The van der Waals surface area contributed by atoms with E-state index in [0.29, 0.717) is 6.54 Å². The Hall–Kier alpha value is -1.35. The molecule has 0 spiro atoms. The maximum atomic E-state index is 11.7. The summed E-state index contributed by atoms with van der Waals surface area (Å²) >= 11 is 0. The van der Waals surface area contributed by atoms with Gasteiger partial charge in [0.15, 0.2) is 0 Å². The number of aryl methyl sites for hydroxylation is 1. The van der Waals surface area contributed by atoms with E-state index in [1.165, 1.54) is 36.8 Å². The molecule has 0 heterocycles. The van der Waals surface area contributed by atoms with Crippen molar-refractivity contribution in [3.8, 4) is 0 Å². The Labute approximate surface area is 122 Å². The van der Waals surface area contributed by atoms with Gasteiger partial charge in [0.1, 0.15) is 0 Å². The number of carbonyl (C=O) groups is 1. The number of hydrogen-bond acceptors (Lipinski definition) is 2. The monoisotopic (exact) mass is 274 g/mol. The third-order valence-electron chi connectivity index (χ3n) is 4.46. The molecule has 2 rings (SSSR count). The van der Waals surface area contributed by atoms with Gasteiger partial charge in [0.25, 0.3) is 0 Å². The predicted molar refractivity (Wildman–Crippen MR) is 82.9 cm³/mol. The number of rotatable bonds is 5. The topological polar surface area (TPSA) is 32.3 Å². The molecule has 0 atom stereocenters. The lowest BCUT2D eigenvalue weighted by Crippen LogP contribution is -2.41. The molecule has 0 bridgehead atoms. The molecule has 1 aromatic rings. The average Bonchev–Trinajstić information content (AvgIpc) is 2.89. The molecule has 0 saturated heterocycles. The molecular weight excluding hydrogens is 248 g/mol. The Morgan fingerprint density at radius 3 is 2.35 bits per heavy atom. The van der Waals surface area contributed by atoms with Gasteiger partial charge in [-0.1, -0.05) is 42.7 Å². The number of likely N-dealkylation sites (N-methyl/N-ethyl adjacent to an activating group) is 1. The molecule has 1 fully saturated rings. The Morgan fingerprint density at radius 1 is 1.20 bits per heavy atom. The van der Waals surface area contributed by atoms with E-state index in [2.05, 4.69) is 36.5 Å². The van der Waals surface area contributed by atoms with Crippen LogP contribution in [0.3, 0.4) is 0 Å². The second kappa shape index (κ2) is 6.40. The standard InChI is InChI=1S/C17H26N2O/c1-14-6-8-15(9-7-14)17(10-4-5-11-17)13-18-12-16(20)19(2)3/h6-9,18H,4-5,10-13H2,1-3H3. The summed E-state index contributed by atoms with van der Waals surface area (Å²) in [7, 11) is 3.60. The van der Waals surface area contributed by atoms with Crippen LogP contribution in [-0.4, -0.2) is 38.0 Å². The molecule has 0 aliphatic heterocycles. The minimum absolute atomic E-state index is 0.141. The number of carbonyl (C=O) groups excluding carboxylic acids is 1. The SMILES string of the molecule is Cc1ccc(C2(CNCC(=O)N(C)C)CCCC2)cc1. The molecule has 20 heavy (non-hydrogen) atoms. The highest BCUT2D eigenvalue weighted by molar-refractivity contribution is 5.77.